The van der Waals surface area contributed by atoms with Crippen molar-refractivity contribution in [1.82, 2.24) is 9.97 Å². The molecule has 3 aromatic rings. The summed E-state index contributed by atoms with van der Waals surface area (Å²) in [6.45, 7) is 1.03. The van der Waals surface area contributed by atoms with Gasteiger partial charge in [0.05, 0.1) is 16.2 Å². The van der Waals surface area contributed by atoms with E-state index in [4.69, 9.17) is 12.2 Å². The number of hydrogen-bond acceptors (Lipinski definition) is 4. The van der Waals surface area contributed by atoms with Gasteiger partial charge in [0.15, 0.2) is 0 Å². The zero-order valence-electron chi connectivity index (χ0n) is 13.0. The summed E-state index contributed by atoms with van der Waals surface area (Å²) in [6.07, 6.45) is 6.95. The number of benzene rings is 1. The lowest BCUT2D eigenvalue weighted by Gasteiger charge is -2.28. The molecule has 0 N–H and O–H groups in total. The van der Waals surface area contributed by atoms with E-state index >= 15 is 0 Å². The molecule has 0 atom stereocenters. The van der Waals surface area contributed by atoms with Crippen molar-refractivity contribution >= 4 is 34.2 Å². The number of hydrogen-bond donors (Lipinski definition) is 0. The predicted molar refractivity (Wildman–Crippen MR) is 103 cm³/mol. The van der Waals surface area contributed by atoms with Crippen molar-refractivity contribution in [3.05, 3.63) is 52.6 Å². The molecule has 118 valence electrons. The number of anilines is 1. The van der Waals surface area contributed by atoms with Crippen molar-refractivity contribution in [3.63, 3.8) is 0 Å². The van der Waals surface area contributed by atoms with Crippen LogP contribution in [0.5, 0.6) is 0 Å². The quantitative estimate of drug-likeness (QED) is 0.637. The van der Waals surface area contributed by atoms with E-state index < -0.39 is 0 Å². The molecule has 0 aliphatic carbocycles. The van der Waals surface area contributed by atoms with Crippen LogP contribution < -0.4 is 4.90 Å². The molecular formula is C19H15N3S2. The first kappa shape index (κ1) is 14.3. The van der Waals surface area contributed by atoms with Crippen LogP contribution in [-0.4, -0.2) is 21.5 Å². The molecule has 0 spiro atoms. The number of nitrogens with zero attached hydrogens (tertiary/aromatic N) is 3. The van der Waals surface area contributed by atoms with Gasteiger partial charge < -0.3 is 4.90 Å². The Bertz CT molecular complexity index is 947. The highest BCUT2D eigenvalue weighted by Crippen LogP contribution is 2.40. The second-order valence-electron chi connectivity index (χ2n) is 6.27. The summed E-state index contributed by atoms with van der Waals surface area (Å²) in [5.41, 5.74) is 10.6. The van der Waals surface area contributed by atoms with Gasteiger partial charge in [0, 0.05) is 47.6 Å². The summed E-state index contributed by atoms with van der Waals surface area (Å²) in [5, 5.41) is 2.06. The van der Waals surface area contributed by atoms with Crippen molar-refractivity contribution < 1.29 is 0 Å². The Hall–Kier alpha value is -2.11. The van der Waals surface area contributed by atoms with Crippen LogP contribution in [0, 0.1) is 0 Å². The largest absolute Gasteiger partial charge is 0.335 e. The number of aromatic nitrogens is 2. The maximum atomic E-state index is 5.53. The van der Waals surface area contributed by atoms with E-state index in [0.717, 1.165) is 47.6 Å². The number of rotatable bonds is 2. The number of thiocarbonyl (C=S) groups is 1. The highest BCUT2D eigenvalue weighted by Gasteiger charge is 2.29. The first-order valence-corrected chi connectivity index (χ1v) is 9.45. The molecule has 3 nitrogen and oxygen atoms in total. The average Bonchev–Trinajstić information content (AvgIpc) is 3.29. The Balaban J connectivity index is 1.62. The molecule has 0 bridgehead atoms. The molecule has 2 aliphatic rings. The SMILES string of the molecule is S=C1CCc2cc(-c3cncc(-c4cscn4)c3)cc3c2N1CC3. The molecule has 0 saturated carbocycles. The molecule has 0 radical (unpaired) electrons. The van der Waals surface area contributed by atoms with E-state index in [1.54, 1.807) is 11.3 Å². The van der Waals surface area contributed by atoms with Gasteiger partial charge in [-0.05, 0) is 47.7 Å². The number of thiazole rings is 1. The molecular weight excluding hydrogens is 334 g/mol. The van der Waals surface area contributed by atoms with Gasteiger partial charge in [-0.2, -0.15) is 0 Å². The van der Waals surface area contributed by atoms with Crippen LogP contribution in [0.25, 0.3) is 22.4 Å². The predicted octanol–water partition coefficient (Wildman–Crippen LogP) is 4.51. The molecule has 1 aromatic carbocycles. The van der Waals surface area contributed by atoms with E-state index in [0.29, 0.717) is 0 Å². The fourth-order valence-corrected chi connectivity index (χ4v) is 4.56. The molecule has 0 fully saturated rings. The van der Waals surface area contributed by atoms with Crippen molar-refractivity contribution in [3.8, 4) is 22.4 Å². The van der Waals surface area contributed by atoms with E-state index in [2.05, 4.69) is 38.4 Å². The Kier molecular flexibility index (Phi) is 3.24. The van der Waals surface area contributed by atoms with E-state index in [1.807, 2.05) is 17.9 Å². The van der Waals surface area contributed by atoms with E-state index in [9.17, 15) is 0 Å². The third-order valence-electron chi connectivity index (χ3n) is 4.85. The zero-order valence-corrected chi connectivity index (χ0v) is 14.7. The van der Waals surface area contributed by atoms with E-state index in [1.165, 1.54) is 22.4 Å². The molecule has 2 aliphatic heterocycles. The second kappa shape index (κ2) is 5.46. The fourth-order valence-electron chi connectivity index (χ4n) is 3.72. The lowest BCUT2D eigenvalue weighted by Crippen LogP contribution is -2.31. The van der Waals surface area contributed by atoms with Crippen LogP contribution in [0.15, 0.2) is 41.5 Å². The van der Waals surface area contributed by atoms with Gasteiger partial charge in [0.25, 0.3) is 0 Å². The summed E-state index contributed by atoms with van der Waals surface area (Å²) in [5.74, 6) is 0. The van der Waals surface area contributed by atoms with Crippen molar-refractivity contribution in [1.29, 1.82) is 0 Å². The topological polar surface area (TPSA) is 29.0 Å². The molecule has 0 saturated heterocycles. The number of aryl methyl sites for hydroxylation is 1. The van der Waals surface area contributed by atoms with E-state index in [-0.39, 0.29) is 0 Å². The lowest BCUT2D eigenvalue weighted by atomic mass is 9.94. The maximum Gasteiger partial charge on any atom is 0.0827 e. The van der Waals surface area contributed by atoms with Crippen LogP contribution in [0.4, 0.5) is 5.69 Å². The minimum Gasteiger partial charge on any atom is -0.335 e. The smallest absolute Gasteiger partial charge is 0.0827 e. The minimum atomic E-state index is 0.988. The molecule has 4 heterocycles. The highest BCUT2D eigenvalue weighted by atomic mass is 32.1. The van der Waals surface area contributed by atoms with Crippen LogP contribution in [0.2, 0.25) is 0 Å². The fraction of sp³-hybridized carbons (Fsp3) is 0.211. The van der Waals surface area contributed by atoms with Crippen LogP contribution in [-0.2, 0) is 12.8 Å². The molecule has 5 rings (SSSR count). The molecule has 2 aromatic heterocycles. The minimum absolute atomic E-state index is 0.988. The van der Waals surface area contributed by atoms with Gasteiger partial charge in [-0.1, -0.05) is 12.2 Å². The molecule has 0 unspecified atom stereocenters. The summed E-state index contributed by atoms with van der Waals surface area (Å²) in [6, 6.07) is 6.83. The third-order valence-corrected chi connectivity index (χ3v) is 5.86. The van der Waals surface area contributed by atoms with Crippen molar-refractivity contribution in [2.75, 3.05) is 11.4 Å². The summed E-state index contributed by atoms with van der Waals surface area (Å²) in [7, 11) is 0. The summed E-state index contributed by atoms with van der Waals surface area (Å²) >= 11 is 7.14. The van der Waals surface area contributed by atoms with Gasteiger partial charge in [0.2, 0.25) is 0 Å². The second-order valence-corrected chi connectivity index (χ2v) is 7.46. The van der Waals surface area contributed by atoms with Gasteiger partial charge in [-0.25, -0.2) is 4.98 Å². The Morgan fingerprint density at radius 1 is 0.958 bits per heavy atom. The van der Waals surface area contributed by atoms with Crippen LogP contribution >= 0.6 is 23.6 Å². The monoisotopic (exact) mass is 349 g/mol. The normalized spacial score (nSPS) is 15.7. The lowest BCUT2D eigenvalue weighted by molar-refractivity contribution is 0.943. The summed E-state index contributed by atoms with van der Waals surface area (Å²) in [4.78, 5) is 12.3. The summed E-state index contributed by atoms with van der Waals surface area (Å²) < 4.78 is 0. The molecule has 24 heavy (non-hydrogen) atoms. The van der Waals surface area contributed by atoms with Crippen molar-refractivity contribution in [2.45, 2.75) is 19.3 Å². The Morgan fingerprint density at radius 2 is 1.79 bits per heavy atom. The van der Waals surface area contributed by atoms with Gasteiger partial charge in [-0.15, -0.1) is 11.3 Å². The third kappa shape index (κ3) is 2.19. The average molecular weight is 349 g/mol. The van der Waals surface area contributed by atoms with Crippen molar-refractivity contribution in [2.24, 2.45) is 0 Å². The number of pyridine rings is 1. The Morgan fingerprint density at radius 3 is 2.62 bits per heavy atom. The molecule has 0 amide bonds. The van der Waals surface area contributed by atoms with Gasteiger partial charge in [-0.3, -0.25) is 4.98 Å². The standard InChI is InChI=1S/C19H15N3S2/c23-18-2-1-12-5-14(6-13-3-4-22(18)19(12)13)15-7-16(9-20-8-15)17-10-24-11-21-17/h5-11H,1-4H2. The van der Waals surface area contributed by atoms with Crippen LogP contribution in [0.3, 0.4) is 0 Å². The molecule has 5 heteroatoms. The maximum absolute atomic E-state index is 5.53. The zero-order chi connectivity index (χ0) is 16.1. The van der Waals surface area contributed by atoms with Gasteiger partial charge in [0.1, 0.15) is 0 Å². The van der Waals surface area contributed by atoms with Gasteiger partial charge >= 0.3 is 0 Å². The van der Waals surface area contributed by atoms with Crippen LogP contribution in [0.1, 0.15) is 17.5 Å². The first-order valence-electron chi connectivity index (χ1n) is 8.10. The highest BCUT2D eigenvalue weighted by molar-refractivity contribution is 7.80. The Labute approximate surface area is 150 Å². The first-order chi connectivity index (χ1) is 11.8.